The Kier molecular flexibility index (Phi) is 11.7. The number of hydrogen-bond acceptors (Lipinski definition) is 4. The Morgan fingerprint density at radius 1 is 0.787 bits per heavy atom. The van der Waals surface area contributed by atoms with E-state index in [0.717, 1.165) is 35.6 Å². The minimum atomic E-state index is -4.34. The molecule has 7 nitrogen and oxygen atoms in total. The van der Waals surface area contributed by atoms with Gasteiger partial charge >= 0.3 is 0 Å². The van der Waals surface area contributed by atoms with E-state index in [1.54, 1.807) is 36.4 Å². The fraction of sp³-hybridized carbons (Fsp3) is 0.257. The predicted molar refractivity (Wildman–Crippen MR) is 189 cm³/mol. The molecule has 1 unspecified atom stereocenters. The summed E-state index contributed by atoms with van der Waals surface area (Å²) in [6.07, 6.45) is 3.84. The second-order valence-electron chi connectivity index (χ2n) is 11.3. The number of sulfonamides is 1. The molecule has 1 saturated carbocycles. The molecule has 1 fully saturated rings. The van der Waals surface area contributed by atoms with Crippen LogP contribution in [0.15, 0.2) is 102 Å². The molecule has 0 spiro atoms. The lowest BCUT2D eigenvalue weighted by atomic mass is 10.0. The van der Waals surface area contributed by atoms with Crippen molar-refractivity contribution in [3.63, 3.8) is 0 Å². The number of benzene rings is 4. The van der Waals surface area contributed by atoms with Gasteiger partial charge in [-0.3, -0.25) is 13.9 Å². The van der Waals surface area contributed by atoms with Crippen LogP contribution in [0, 0.1) is 0 Å². The smallest absolute Gasteiger partial charge is 0.264 e. The highest BCUT2D eigenvalue weighted by Crippen LogP contribution is 2.34. The standard InChI is InChI=1S/C35H33Cl4N3O4S/c36-25-18-19-31(39)32(21-25)42(47(45,46)27-14-5-2-6-15-27)23-34(43)41(22-28-29(37)16-9-17-30(28)38)33(20-24-10-3-1-4-11-24)35(44)40-26-12-7-8-13-26/h1-6,9-11,14-19,21,26,33H,7-8,12-13,20,22-23H2,(H,40,44). The largest absolute Gasteiger partial charge is 0.352 e. The van der Waals surface area contributed by atoms with E-state index in [4.69, 9.17) is 46.4 Å². The van der Waals surface area contributed by atoms with E-state index >= 15 is 0 Å². The summed E-state index contributed by atoms with van der Waals surface area (Å²) in [7, 11) is -4.34. The van der Waals surface area contributed by atoms with Crippen LogP contribution in [-0.2, 0) is 32.6 Å². The second-order valence-corrected chi connectivity index (χ2v) is 14.9. The number of amides is 2. The van der Waals surface area contributed by atoms with Crippen molar-refractivity contribution in [1.82, 2.24) is 10.2 Å². The number of carbonyl (C=O) groups is 2. The third kappa shape index (κ3) is 8.61. The number of anilines is 1. The first-order valence-corrected chi connectivity index (χ1v) is 18.1. The van der Waals surface area contributed by atoms with Crippen LogP contribution in [0.4, 0.5) is 5.69 Å². The van der Waals surface area contributed by atoms with E-state index in [0.29, 0.717) is 15.6 Å². The Labute approximate surface area is 295 Å². The average Bonchev–Trinajstić information content (AvgIpc) is 3.57. The summed E-state index contributed by atoms with van der Waals surface area (Å²) in [4.78, 5) is 30.1. The number of rotatable bonds is 12. The SMILES string of the molecule is O=C(NC1CCCC1)C(Cc1ccccc1)N(Cc1c(Cl)cccc1Cl)C(=O)CN(c1cc(Cl)ccc1Cl)S(=O)(=O)c1ccccc1. The summed E-state index contributed by atoms with van der Waals surface area (Å²) in [5, 5.41) is 4.04. The van der Waals surface area contributed by atoms with Crippen LogP contribution < -0.4 is 9.62 Å². The van der Waals surface area contributed by atoms with Gasteiger partial charge in [0.2, 0.25) is 11.8 Å². The fourth-order valence-corrected chi connectivity index (χ4v) is 8.08. The highest BCUT2D eigenvalue weighted by molar-refractivity contribution is 7.92. The van der Waals surface area contributed by atoms with Crippen molar-refractivity contribution >= 4 is 73.9 Å². The maximum Gasteiger partial charge on any atom is 0.264 e. The maximum absolute atomic E-state index is 14.7. The van der Waals surface area contributed by atoms with Gasteiger partial charge in [0.05, 0.1) is 15.6 Å². The quantitative estimate of drug-likeness (QED) is 0.159. The van der Waals surface area contributed by atoms with Crippen LogP contribution in [0.5, 0.6) is 0 Å². The molecule has 4 aromatic rings. The highest BCUT2D eigenvalue weighted by atomic mass is 35.5. The first-order valence-electron chi connectivity index (χ1n) is 15.1. The third-order valence-corrected chi connectivity index (χ3v) is 11.2. The second kappa shape index (κ2) is 15.8. The zero-order valence-corrected chi connectivity index (χ0v) is 29.1. The number of carbonyl (C=O) groups excluding carboxylic acids is 2. The monoisotopic (exact) mass is 731 g/mol. The van der Waals surface area contributed by atoms with Gasteiger partial charge in [-0.1, -0.05) is 114 Å². The van der Waals surface area contributed by atoms with Gasteiger partial charge in [0, 0.05) is 39.6 Å². The lowest BCUT2D eigenvalue weighted by Crippen LogP contribution is -2.54. The molecule has 47 heavy (non-hydrogen) atoms. The predicted octanol–water partition coefficient (Wildman–Crippen LogP) is 8.19. The summed E-state index contributed by atoms with van der Waals surface area (Å²) in [5.41, 5.74) is 1.25. The molecule has 5 rings (SSSR count). The molecule has 0 aromatic heterocycles. The Balaban J connectivity index is 1.61. The molecule has 12 heteroatoms. The van der Waals surface area contributed by atoms with Crippen molar-refractivity contribution in [2.24, 2.45) is 0 Å². The normalized spacial score (nSPS) is 14.0. The van der Waals surface area contributed by atoms with Gasteiger partial charge in [-0.25, -0.2) is 8.42 Å². The van der Waals surface area contributed by atoms with Gasteiger partial charge < -0.3 is 10.2 Å². The van der Waals surface area contributed by atoms with Gasteiger partial charge in [0.25, 0.3) is 10.0 Å². The molecule has 1 N–H and O–H groups in total. The van der Waals surface area contributed by atoms with Gasteiger partial charge in [0.1, 0.15) is 12.6 Å². The van der Waals surface area contributed by atoms with Crippen molar-refractivity contribution in [3.8, 4) is 0 Å². The van der Waals surface area contributed by atoms with Crippen molar-refractivity contribution in [2.75, 3.05) is 10.8 Å². The van der Waals surface area contributed by atoms with Crippen LogP contribution in [0.3, 0.4) is 0 Å². The molecule has 1 aliphatic rings. The third-order valence-electron chi connectivity index (χ3n) is 8.15. The maximum atomic E-state index is 14.7. The number of nitrogens with zero attached hydrogens (tertiary/aromatic N) is 2. The van der Waals surface area contributed by atoms with Gasteiger partial charge in [0.15, 0.2) is 0 Å². The fourth-order valence-electron chi connectivity index (χ4n) is 5.69. The lowest BCUT2D eigenvalue weighted by molar-refractivity contribution is -0.140. The zero-order valence-electron chi connectivity index (χ0n) is 25.3. The molecule has 4 aromatic carbocycles. The Morgan fingerprint density at radius 2 is 1.40 bits per heavy atom. The lowest BCUT2D eigenvalue weighted by Gasteiger charge is -2.35. The highest BCUT2D eigenvalue weighted by Gasteiger charge is 2.36. The molecule has 1 aliphatic carbocycles. The van der Waals surface area contributed by atoms with E-state index in [9.17, 15) is 18.0 Å². The topological polar surface area (TPSA) is 86.8 Å². The molecule has 0 saturated heterocycles. The molecule has 0 heterocycles. The van der Waals surface area contributed by atoms with Crippen LogP contribution in [-0.4, -0.2) is 43.8 Å². The van der Waals surface area contributed by atoms with Crippen LogP contribution in [0.1, 0.15) is 36.8 Å². The van der Waals surface area contributed by atoms with Gasteiger partial charge in [-0.15, -0.1) is 0 Å². The van der Waals surface area contributed by atoms with E-state index < -0.39 is 28.5 Å². The van der Waals surface area contributed by atoms with Gasteiger partial charge in [-0.2, -0.15) is 0 Å². The number of hydrogen-bond donors (Lipinski definition) is 1. The molecule has 0 aliphatic heterocycles. The molecular formula is C35H33Cl4N3O4S. The van der Waals surface area contributed by atoms with E-state index in [1.165, 1.54) is 35.2 Å². The zero-order chi connectivity index (χ0) is 33.6. The van der Waals surface area contributed by atoms with Gasteiger partial charge in [-0.05, 0) is 60.9 Å². The first-order chi connectivity index (χ1) is 22.5. The first kappa shape index (κ1) is 35.0. The average molecular weight is 734 g/mol. The number of nitrogens with one attached hydrogen (secondary N) is 1. The minimum absolute atomic E-state index is 0.0158. The molecule has 2 amide bonds. The van der Waals surface area contributed by atoms with Crippen LogP contribution in [0.25, 0.3) is 0 Å². The Bertz CT molecular complexity index is 1800. The summed E-state index contributed by atoms with van der Waals surface area (Å²) in [6.45, 7) is -0.850. The molecule has 0 bridgehead atoms. The van der Waals surface area contributed by atoms with Crippen LogP contribution in [0.2, 0.25) is 20.1 Å². The summed E-state index contributed by atoms with van der Waals surface area (Å²) in [5.74, 6) is -1.02. The van der Waals surface area contributed by atoms with Crippen molar-refractivity contribution < 1.29 is 18.0 Å². The van der Waals surface area contributed by atoms with E-state index in [2.05, 4.69) is 5.32 Å². The molecular weight excluding hydrogens is 700 g/mol. The summed E-state index contributed by atoms with van der Waals surface area (Å²) < 4.78 is 29.3. The minimum Gasteiger partial charge on any atom is -0.352 e. The van der Waals surface area contributed by atoms with Crippen molar-refractivity contribution in [1.29, 1.82) is 0 Å². The molecule has 0 radical (unpaired) electrons. The van der Waals surface area contributed by atoms with E-state index in [-0.39, 0.29) is 45.5 Å². The van der Waals surface area contributed by atoms with Crippen LogP contribution >= 0.6 is 46.4 Å². The summed E-state index contributed by atoms with van der Waals surface area (Å²) in [6, 6.07) is 25.3. The van der Waals surface area contributed by atoms with Crippen molar-refractivity contribution in [3.05, 3.63) is 128 Å². The Hall–Kier alpha value is -3.27. The van der Waals surface area contributed by atoms with E-state index in [1.807, 2.05) is 30.3 Å². The molecule has 246 valence electrons. The molecule has 1 atom stereocenters. The number of halogens is 4. The van der Waals surface area contributed by atoms with Crippen molar-refractivity contribution in [2.45, 2.75) is 55.6 Å². The Morgan fingerprint density at radius 3 is 2.04 bits per heavy atom. The summed E-state index contributed by atoms with van der Waals surface area (Å²) >= 11 is 26.0.